The summed E-state index contributed by atoms with van der Waals surface area (Å²) in [6.45, 7) is 1.71. The Morgan fingerprint density at radius 3 is 2.56 bits per heavy atom. The summed E-state index contributed by atoms with van der Waals surface area (Å²) in [7, 11) is 0. The fraction of sp³-hybridized carbons (Fsp3) is 0.250. The first-order chi connectivity index (χ1) is 7.38. The first-order valence-corrected chi connectivity index (χ1v) is 4.97. The van der Waals surface area contributed by atoms with Gasteiger partial charge < -0.3 is 10.3 Å². The van der Waals surface area contributed by atoms with E-state index in [-0.39, 0.29) is 5.89 Å². The molecule has 0 fully saturated rings. The van der Waals surface area contributed by atoms with Crippen molar-refractivity contribution in [2.75, 3.05) is 5.73 Å². The van der Waals surface area contributed by atoms with E-state index in [9.17, 15) is 13.2 Å². The molecule has 0 radical (unpaired) electrons. The molecule has 0 atom stereocenters. The maximum atomic E-state index is 12.2. The van der Waals surface area contributed by atoms with E-state index in [4.69, 9.17) is 5.73 Å². The van der Waals surface area contributed by atoms with Gasteiger partial charge in [0.15, 0.2) is 0 Å². The molecule has 0 bridgehead atoms. The summed E-state index contributed by atoms with van der Waals surface area (Å²) in [5.74, 6) is -1.44. The van der Waals surface area contributed by atoms with Crippen LogP contribution in [-0.2, 0) is 6.18 Å². The summed E-state index contributed by atoms with van der Waals surface area (Å²) >= 11 is 1.11. The van der Waals surface area contributed by atoms with Gasteiger partial charge in [-0.05, 0) is 18.6 Å². The average molecular weight is 249 g/mol. The Hall–Kier alpha value is -1.57. The summed E-state index contributed by atoms with van der Waals surface area (Å²) in [6.07, 6.45) is -4.60. The van der Waals surface area contributed by atoms with E-state index in [0.29, 0.717) is 15.4 Å². The second-order valence-corrected chi connectivity index (χ2v) is 4.17. The van der Waals surface area contributed by atoms with Crippen molar-refractivity contribution >= 4 is 16.3 Å². The number of halogens is 3. The Morgan fingerprint density at radius 2 is 2.12 bits per heavy atom. The van der Waals surface area contributed by atoms with Gasteiger partial charge in [-0.25, -0.2) is 0 Å². The lowest BCUT2D eigenvalue weighted by Gasteiger charge is -1.96. The highest BCUT2D eigenvalue weighted by Crippen LogP contribution is 2.34. The molecule has 16 heavy (non-hydrogen) atoms. The molecule has 2 aromatic rings. The van der Waals surface area contributed by atoms with Crippen LogP contribution in [0.5, 0.6) is 0 Å². The number of hydrogen-bond acceptors (Lipinski definition) is 5. The quantitative estimate of drug-likeness (QED) is 0.843. The molecule has 0 aliphatic rings. The molecule has 2 heterocycles. The van der Waals surface area contributed by atoms with Gasteiger partial charge in [0.2, 0.25) is 0 Å². The number of aryl methyl sites for hydroxylation is 1. The van der Waals surface area contributed by atoms with Gasteiger partial charge in [-0.3, -0.25) is 0 Å². The molecule has 0 aromatic carbocycles. The van der Waals surface area contributed by atoms with Crippen LogP contribution in [0, 0.1) is 6.92 Å². The van der Waals surface area contributed by atoms with Crippen LogP contribution in [0.3, 0.4) is 0 Å². The molecule has 0 aliphatic carbocycles. The van der Waals surface area contributed by atoms with Crippen LogP contribution in [0.25, 0.3) is 10.8 Å². The molecule has 0 amide bonds. The first kappa shape index (κ1) is 10.9. The van der Waals surface area contributed by atoms with Gasteiger partial charge in [-0.15, -0.1) is 11.3 Å². The highest BCUT2D eigenvalue weighted by Gasteiger charge is 2.37. The fourth-order valence-corrected chi connectivity index (χ4v) is 2.01. The Bertz CT molecular complexity index is 517. The van der Waals surface area contributed by atoms with E-state index < -0.39 is 12.0 Å². The number of anilines is 1. The minimum Gasteiger partial charge on any atom is -0.391 e. The Balaban J connectivity index is 2.43. The van der Waals surface area contributed by atoms with Crippen LogP contribution in [-0.4, -0.2) is 10.1 Å². The van der Waals surface area contributed by atoms with E-state index in [2.05, 4.69) is 14.7 Å². The van der Waals surface area contributed by atoms with Gasteiger partial charge in [0.25, 0.3) is 11.7 Å². The Labute approximate surface area is 91.9 Å². The summed E-state index contributed by atoms with van der Waals surface area (Å²) in [4.78, 5) is 3.74. The molecule has 0 unspecified atom stereocenters. The van der Waals surface area contributed by atoms with E-state index >= 15 is 0 Å². The second-order valence-electron chi connectivity index (χ2n) is 3.08. The predicted molar refractivity (Wildman–Crippen MR) is 51.8 cm³/mol. The molecular formula is C8H6F3N3OS. The molecule has 4 nitrogen and oxygen atoms in total. The third-order valence-electron chi connectivity index (χ3n) is 1.81. The summed E-state index contributed by atoms with van der Waals surface area (Å²) < 4.78 is 41.2. The van der Waals surface area contributed by atoms with Gasteiger partial charge in [0.05, 0.1) is 9.88 Å². The van der Waals surface area contributed by atoms with Crippen LogP contribution in [0.2, 0.25) is 0 Å². The van der Waals surface area contributed by atoms with Crippen LogP contribution in [0.1, 0.15) is 11.4 Å². The Kier molecular flexibility index (Phi) is 2.38. The lowest BCUT2D eigenvalue weighted by molar-refractivity contribution is -0.146. The number of nitrogen functional groups attached to an aromatic ring is 1. The van der Waals surface area contributed by atoms with Crippen LogP contribution in [0.15, 0.2) is 10.6 Å². The van der Waals surface area contributed by atoms with Crippen molar-refractivity contribution in [3.8, 4) is 10.8 Å². The van der Waals surface area contributed by atoms with Crippen molar-refractivity contribution in [1.29, 1.82) is 0 Å². The second kappa shape index (κ2) is 3.48. The number of aromatic nitrogens is 2. The predicted octanol–water partition coefficient (Wildman–Crippen LogP) is 2.71. The molecule has 0 spiro atoms. The number of alkyl halides is 3. The highest BCUT2D eigenvalue weighted by molar-refractivity contribution is 7.19. The third kappa shape index (κ3) is 1.87. The van der Waals surface area contributed by atoms with Crippen LogP contribution in [0.4, 0.5) is 18.2 Å². The topological polar surface area (TPSA) is 64.9 Å². The minimum absolute atomic E-state index is 0.161. The molecular weight excluding hydrogens is 243 g/mol. The van der Waals surface area contributed by atoms with Crippen molar-refractivity contribution < 1.29 is 17.7 Å². The van der Waals surface area contributed by atoms with Gasteiger partial charge in [0.1, 0.15) is 0 Å². The number of nitrogens with zero attached hydrogens (tertiary/aromatic N) is 2. The monoisotopic (exact) mass is 249 g/mol. The summed E-state index contributed by atoms with van der Waals surface area (Å²) in [6, 6.07) is 1.64. The van der Waals surface area contributed by atoms with Crippen molar-refractivity contribution in [3.05, 3.63) is 17.5 Å². The molecule has 2 rings (SSSR count). The zero-order valence-electron chi connectivity index (χ0n) is 8.00. The van der Waals surface area contributed by atoms with Crippen LogP contribution < -0.4 is 5.73 Å². The molecule has 8 heteroatoms. The third-order valence-corrected chi connectivity index (χ3v) is 2.86. The zero-order valence-corrected chi connectivity index (χ0v) is 8.82. The smallest absolute Gasteiger partial charge is 0.391 e. The maximum absolute atomic E-state index is 12.2. The van der Waals surface area contributed by atoms with Crippen molar-refractivity contribution in [3.63, 3.8) is 0 Å². The lowest BCUT2D eigenvalue weighted by Crippen LogP contribution is -2.06. The lowest BCUT2D eigenvalue weighted by atomic mass is 10.3. The first-order valence-electron chi connectivity index (χ1n) is 4.15. The normalized spacial score (nSPS) is 12.0. The van der Waals surface area contributed by atoms with E-state index in [1.807, 2.05) is 0 Å². The highest BCUT2D eigenvalue weighted by atomic mass is 32.1. The summed E-state index contributed by atoms with van der Waals surface area (Å²) in [5.41, 5.74) is 6.22. The largest absolute Gasteiger partial charge is 0.455 e. The minimum atomic E-state index is -4.60. The van der Waals surface area contributed by atoms with E-state index in [0.717, 1.165) is 11.3 Å². The molecule has 0 saturated carbocycles. The molecule has 0 aliphatic heterocycles. The van der Waals surface area contributed by atoms with Crippen molar-refractivity contribution in [2.24, 2.45) is 0 Å². The number of rotatable bonds is 1. The van der Waals surface area contributed by atoms with Gasteiger partial charge in [0, 0.05) is 0 Å². The standard InChI is InChI=1S/C8H6F3N3OS/c1-3-2-4(12)16-5(3)6-13-7(14-15-6)8(9,10)11/h2H,12H2,1H3. The number of thiophene rings is 1. The van der Waals surface area contributed by atoms with Gasteiger partial charge in [-0.2, -0.15) is 18.2 Å². The maximum Gasteiger partial charge on any atom is 0.455 e. The van der Waals surface area contributed by atoms with Crippen molar-refractivity contribution in [1.82, 2.24) is 10.1 Å². The zero-order chi connectivity index (χ0) is 11.9. The summed E-state index contributed by atoms with van der Waals surface area (Å²) in [5, 5.41) is 3.35. The Morgan fingerprint density at radius 1 is 1.44 bits per heavy atom. The molecule has 0 saturated heterocycles. The molecule has 2 aromatic heterocycles. The van der Waals surface area contributed by atoms with Crippen LogP contribution >= 0.6 is 11.3 Å². The number of nitrogens with two attached hydrogens (primary N) is 1. The van der Waals surface area contributed by atoms with Gasteiger partial charge >= 0.3 is 6.18 Å². The van der Waals surface area contributed by atoms with Crippen molar-refractivity contribution in [2.45, 2.75) is 13.1 Å². The SMILES string of the molecule is Cc1cc(N)sc1-c1nc(C(F)(F)F)no1. The average Bonchev–Trinajstić information content (AvgIpc) is 2.70. The molecule has 86 valence electrons. The fourth-order valence-electron chi connectivity index (χ4n) is 1.15. The van der Waals surface area contributed by atoms with E-state index in [1.165, 1.54) is 0 Å². The van der Waals surface area contributed by atoms with E-state index in [1.54, 1.807) is 13.0 Å². The van der Waals surface area contributed by atoms with Gasteiger partial charge in [-0.1, -0.05) is 5.16 Å². The number of hydrogen-bond donors (Lipinski definition) is 1. The molecule has 2 N–H and O–H groups in total.